The van der Waals surface area contributed by atoms with Crippen molar-refractivity contribution in [3.63, 3.8) is 0 Å². The molecule has 0 bridgehead atoms. The number of hydrogen-bond donors (Lipinski definition) is 3. The van der Waals surface area contributed by atoms with Crippen molar-refractivity contribution < 1.29 is 23.1 Å². The third-order valence-corrected chi connectivity index (χ3v) is 2.41. The Morgan fingerprint density at radius 2 is 1.80 bits per heavy atom. The molecule has 8 heteroatoms. The molecule has 4 N–H and O–H groups in total. The molecule has 1 aromatic carbocycles. The maximum Gasteiger partial charge on any atom is 0.354 e. The van der Waals surface area contributed by atoms with E-state index in [0.29, 0.717) is 12.1 Å². The highest BCUT2D eigenvalue weighted by Gasteiger charge is 2.13. The summed E-state index contributed by atoms with van der Waals surface area (Å²) < 4.78 is 39.3. The molecule has 0 atom stereocenters. The van der Waals surface area contributed by atoms with Gasteiger partial charge in [-0.2, -0.15) is 0 Å². The number of carboxylic acids is 1. The first-order chi connectivity index (χ1) is 9.38. The molecule has 5 nitrogen and oxygen atoms in total. The number of nitrogens with zero attached hydrogens (tertiary/aromatic N) is 1. The van der Waals surface area contributed by atoms with E-state index >= 15 is 0 Å². The summed E-state index contributed by atoms with van der Waals surface area (Å²) in [6.07, 6.45) is 0. The molecule has 1 aromatic heterocycles. The fraction of sp³-hybridized carbons (Fsp3) is 0. The number of anilines is 3. The summed E-state index contributed by atoms with van der Waals surface area (Å²) in [5.41, 5.74) is 4.83. The van der Waals surface area contributed by atoms with Crippen molar-refractivity contribution in [1.29, 1.82) is 0 Å². The van der Waals surface area contributed by atoms with Crippen LogP contribution in [0.2, 0.25) is 0 Å². The van der Waals surface area contributed by atoms with E-state index in [0.717, 1.165) is 6.07 Å². The topological polar surface area (TPSA) is 88.2 Å². The molecule has 0 unspecified atom stereocenters. The van der Waals surface area contributed by atoms with Crippen molar-refractivity contribution in [3.05, 3.63) is 47.4 Å². The standard InChI is InChI=1S/C12H8F3N3O2/c13-5-3-7(15)10(4-6(5)14)18-11-8(16)1-2-9(17-11)12(19)20/h1-4H,16H2,(H,17,18)(H,19,20). The lowest BCUT2D eigenvalue weighted by Gasteiger charge is -2.10. The smallest absolute Gasteiger partial charge is 0.354 e. The lowest BCUT2D eigenvalue weighted by Crippen LogP contribution is -2.07. The third-order valence-electron chi connectivity index (χ3n) is 2.41. The summed E-state index contributed by atoms with van der Waals surface area (Å²) in [6, 6.07) is 3.34. The molecule has 2 rings (SSSR count). The lowest BCUT2D eigenvalue weighted by molar-refractivity contribution is 0.0690. The van der Waals surface area contributed by atoms with Gasteiger partial charge in [0.25, 0.3) is 0 Å². The van der Waals surface area contributed by atoms with Gasteiger partial charge in [0, 0.05) is 12.1 Å². The Bertz CT molecular complexity index is 692. The zero-order valence-electron chi connectivity index (χ0n) is 9.82. The minimum Gasteiger partial charge on any atom is -0.477 e. The second-order valence-electron chi connectivity index (χ2n) is 3.81. The number of nitrogens with two attached hydrogens (primary N) is 1. The van der Waals surface area contributed by atoms with Gasteiger partial charge in [0.05, 0.1) is 11.4 Å². The highest BCUT2D eigenvalue weighted by molar-refractivity contribution is 5.87. The number of carboxylic acid groups (broad SMARTS) is 1. The SMILES string of the molecule is Nc1ccc(C(=O)O)nc1Nc1cc(F)c(F)cc1F. The number of benzene rings is 1. The van der Waals surface area contributed by atoms with Crippen LogP contribution in [0, 0.1) is 17.5 Å². The third kappa shape index (κ3) is 2.63. The van der Waals surface area contributed by atoms with Crippen LogP contribution in [0.1, 0.15) is 10.5 Å². The molecule has 0 aliphatic heterocycles. The first kappa shape index (κ1) is 13.7. The average molecular weight is 283 g/mol. The monoisotopic (exact) mass is 283 g/mol. The Kier molecular flexibility index (Phi) is 3.47. The van der Waals surface area contributed by atoms with Gasteiger partial charge in [0.2, 0.25) is 0 Å². The number of nitrogens with one attached hydrogen (secondary N) is 1. The molecule has 0 spiro atoms. The Labute approximate surface area is 110 Å². The average Bonchev–Trinajstić information content (AvgIpc) is 2.38. The fourth-order valence-corrected chi connectivity index (χ4v) is 1.44. The van der Waals surface area contributed by atoms with Crippen molar-refractivity contribution in [2.45, 2.75) is 0 Å². The van der Waals surface area contributed by atoms with E-state index in [1.165, 1.54) is 6.07 Å². The molecule has 0 saturated carbocycles. The summed E-state index contributed by atoms with van der Waals surface area (Å²) in [5.74, 6) is -5.14. The first-order valence-electron chi connectivity index (χ1n) is 5.30. The van der Waals surface area contributed by atoms with Crippen molar-refractivity contribution in [3.8, 4) is 0 Å². The van der Waals surface area contributed by atoms with Crippen LogP contribution in [0.15, 0.2) is 24.3 Å². The van der Waals surface area contributed by atoms with Gasteiger partial charge in [-0.25, -0.2) is 22.9 Å². The lowest BCUT2D eigenvalue weighted by atomic mass is 10.2. The Morgan fingerprint density at radius 3 is 2.45 bits per heavy atom. The normalized spacial score (nSPS) is 10.3. The van der Waals surface area contributed by atoms with Crippen molar-refractivity contribution >= 4 is 23.2 Å². The number of hydrogen-bond acceptors (Lipinski definition) is 4. The molecule has 20 heavy (non-hydrogen) atoms. The number of pyridine rings is 1. The van der Waals surface area contributed by atoms with E-state index < -0.39 is 29.1 Å². The number of carbonyl (C=O) groups is 1. The zero-order valence-corrected chi connectivity index (χ0v) is 9.82. The molecular formula is C12H8F3N3O2. The number of nitrogen functional groups attached to an aromatic ring is 1. The highest BCUT2D eigenvalue weighted by Crippen LogP contribution is 2.25. The van der Waals surface area contributed by atoms with Gasteiger partial charge >= 0.3 is 5.97 Å². The molecule has 104 valence electrons. The van der Waals surface area contributed by atoms with Gasteiger partial charge in [-0.3, -0.25) is 0 Å². The van der Waals surface area contributed by atoms with Crippen LogP contribution in [0.4, 0.5) is 30.4 Å². The van der Waals surface area contributed by atoms with E-state index in [1.807, 2.05) is 0 Å². The van der Waals surface area contributed by atoms with Gasteiger partial charge in [-0.15, -0.1) is 0 Å². The molecule has 0 aliphatic carbocycles. The van der Waals surface area contributed by atoms with E-state index in [9.17, 15) is 18.0 Å². The van der Waals surface area contributed by atoms with E-state index in [2.05, 4.69) is 10.3 Å². The molecule has 0 aliphatic rings. The number of rotatable bonds is 3. The van der Waals surface area contributed by atoms with Crippen LogP contribution in [-0.4, -0.2) is 16.1 Å². The summed E-state index contributed by atoms with van der Waals surface area (Å²) in [6.45, 7) is 0. The second-order valence-corrected chi connectivity index (χ2v) is 3.81. The molecule has 0 saturated heterocycles. The maximum absolute atomic E-state index is 13.5. The van der Waals surface area contributed by atoms with Crippen LogP contribution < -0.4 is 11.1 Å². The van der Waals surface area contributed by atoms with Crippen molar-refractivity contribution in [2.75, 3.05) is 11.1 Å². The summed E-state index contributed by atoms with van der Waals surface area (Å²) in [5, 5.41) is 11.1. The first-order valence-corrected chi connectivity index (χ1v) is 5.30. The van der Waals surface area contributed by atoms with Gasteiger partial charge in [-0.1, -0.05) is 0 Å². The Hall–Kier alpha value is -2.77. The summed E-state index contributed by atoms with van der Waals surface area (Å²) in [4.78, 5) is 14.4. The molecule has 2 aromatic rings. The van der Waals surface area contributed by atoms with Crippen LogP contribution in [0.3, 0.4) is 0 Å². The molecule has 0 fully saturated rings. The van der Waals surface area contributed by atoms with Gasteiger partial charge in [0.1, 0.15) is 5.82 Å². The van der Waals surface area contributed by atoms with Crippen LogP contribution in [0.25, 0.3) is 0 Å². The predicted octanol–water partition coefficient (Wildman–Crippen LogP) is 2.52. The van der Waals surface area contributed by atoms with Crippen molar-refractivity contribution in [1.82, 2.24) is 4.98 Å². The molecule has 0 amide bonds. The number of aromatic carboxylic acids is 1. The second kappa shape index (κ2) is 5.08. The van der Waals surface area contributed by atoms with Gasteiger partial charge in [0.15, 0.2) is 23.1 Å². The highest BCUT2D eigenvalue weighted by atomic mass is 19.2. The predicted molar refractivity (Wildman–Crippen MR) is 65.2 cm³/mol. The Morgan fingerprint density at radius 1 is 1.15 bits per heavy atom. The van der Waals surface area contributed by atoms with Crippen LogP contribution in [-0.2, 0) is 0 Å². The van der Waals surface area contributed by atoms with E-state index in [4.69, 9.17) is 10.8 Å². The quantitative estimate of drug-likeness (QED) is 0.753. The Balaban J connectivity index is 2.42. The number of halogens is 3. The molecular weight excluding hydrogens is 275 g/mol. The minimum atomic E-state index is -1.34. The van der Waals surface area contributed by atoms with E-state index in [1.54, 1.807) is 0 Å². The fourth-order valence-electron chi connectivity index (χ4n) is 1.44. The summed E-state index contributed by atoms with van der Waals surface area (Å²) in [7, 11) is 0. The molecule has 0 radical (unpaired) electrons. The van der Waals surface area contributed by atoms with Crippen LogP contribution in [0.5, 0.6) is 0 Å². The van der Waals surface area contributed by atoms with Gasteiger partial charge < -0.3 is 16.2 Å². The van der Waals surface area contributed by atoms with Crippen LogP contribution >= 0.6 is 0 Å². The zero-order chi connectivity index (χ0) is 14.9. The molecule has 1 heterocycles. The largest absolute Gasteiger partial charge is 0.477 e. The minimum absolute atomic E-state index is 0.0270. The van der Waals surface area contributed by atoms with Crippen molar-refractivity contribution in [2.24, 2.45) is 0 Å². The van der Waals surface area contributed by atoms with Gasteiger partial charge in [-0.05, 0) is 12.1 Å². The number of aromatic nitrogens is 1. The summed E-state index contributed by atoms with van der Waals surface area (Å²) >= 11 is 0. The van der Waals surface area contributed by atoms with E-state index in [-0.39, 0.29) is 17.2 Å². The maximum atomic E-state index is 13.5.